The molecular formula is C67H103N7O12S2. The topological polar surface area (TPSA) is 223 Å². The Bertz CT molecular complexity index is 2490. The van der Waals surface area contributed by atoms with Crippen molar-refractivity contribution < 1.29 is 57.3 Å². The lowest BCUT2D eigenvalue weighted by molar-refractivity contribution is -0.144. The van der Waals surface area contributed by atoms with Crippen LogP contribution in [0.5, 0.6) is 0 Å². The summed E-state index contributed by atoms with van der Waals surface area (Å²) in [6, 6.07) is 14.3. The highest BCUT2D eigenvalue weighted by Crippen LogP contribution is 2.48. The Morgan fingerprint density at radius 3 is 1.43 bits per heavy atom. The highest BCUT2D eigenvalue weighted by atomic mass is 32.2. The van der Waals surface area contributed by atoms with E-state index in [2.05, 4.69) is 29.8 Å². The van der Waals surface area contributed by atoms with Gasteiger partial charge in [0.25, 0.3) is 0 Å². The number of likely N-dealkylation sites (N-methyl/N-ethyl adjacent to an activating group) is 2. The van der Waals surface area contributed by atoms with Gasteiger partial charge in [0.2, 0.25) is 29.5 Å². The zero-order chi connectivity index (χ0) is 64.7. The van der Waals surface area contributed by atoms with E-state index in [0.29, 0.717) is 57.0 Å². The molecule has 88 heavy (non-hydrogen) atoms. The van der Waals surface area contributed by atoms with Crippen LogP contribution in [-0.4, -0.2) is 177 Å². The number of ketones is 1. The molecule has 21 heteroatoms. The first-order chi connectivity index (χ1) is 41.4. The first-order valence-corrected chi connectivity index (χ1v) is 34.0. The number of benzene rings is 2. The van der Waals surface area contributed by atoms with Crippen LogP contribution in [0.2, 0.25) is 0 Å². The van der Waals surface area contributed by atoms with Crippen LogP contribution >= 0.6 is 23.5 Å². The third-order valence-electron chi connectivity index (χ3n) is 17.2. The third kappa shape index (κ3) is 20.1. The van der Waals surface area contributed by atoms with Crippen molar-refractivity contribution in [3.8, 4) is 0 Å². The fraction of sp³-hybridized carbons (Fsp3) is 0.701. The molecule has 4 aliphatic rings. The highest BCUT2D eigenvalue weighted by Gasteiger charge is 2.56. The maximum atomic E-state index is 14.7. The number of unbranched alkanes of at least 4 members (excludes halogenated alkanes) is 7. The molecule has 2 aromatic carbocycles. The van der Waals surface area contributed by atoms with Crippen molar-refractivity contribution in [1.29, 1.82) is 0 Å². The van der Waals surface area contributed by atoms with E-state index in [9.17, 15) is 38.4 Å². The Hall–Kier alpha value is -5.38. The number of carbonyl (C=O) groups excluding carboxylic acids is 8. The average Bonchev–Trinajstić information content (AvgIpc) is 1.78. The van der Waals surface area contributed by atoms with E-state index in [1.165, 1.54) is 23.9 Å². The standard InChI is InChI=1S/C67H103N7O12S2/c1-44(71(13)62(81)85-64(3,4)5)57(76)68-49-33-37-87-53-40-66(9,10)55(73(53)60(49)79)52(75)39-48(46-29-23-21-24-30-46)42-83-35-27-19-17-15-16-18-20-28-36-84-43-51(47-31-25-22-26-32-47)70-59(78)56-67(11,12)41-54-74(56)61(80)50(34-38-88-54)69-58(77)45(2)72(14)63(82)86-65(6,7)8/h21-26,29-32,44-45,48-51,53-56H,15-20,27-28,33-43H2,1-14H3,(H,68,76)(H,69,77)(H,70,78)/t44-,45-,48+,49-,50-,51+,53+,54-,55+,56+/m0/s1. The number of hydrogen-bond acceptors (Lipinski definition) is 14. The molecule has 0 radical (unpaired) electrons. The zero-order valence-corrected chi connectivity index (χ0v) is 56.6. The number of nitrogens with zero attached hydrogens (tertiary/aromatic N) is 4. The maximum Gasteiger partial charge on any atom is 0.410 e. The van der Waals surface area contributed by atoms with Gasteiger partial charge in [-0.05, 0) is 127 Å². The van der Waals surface area contributed by atoms with Crippen LogP contribution in [0.3, 0.4) is 0 Å². The van der Waals surface area contributed by atoms with Crippen LogP contribution in [0.1, 0.15) is 190 Å². The fourth-order valence-corrected chi connectivity index (χ4v) is 15.3. The minimum atomic E-state index is -0.901. The van der Waals surface area contributed by atoms with Gasteiger partial charge < -0.3 is 44.7 Å². The molecule has 7 amide bonds. The molecule has 0 aliphatic carbocycles. The van der Waals surface area contributed by atoms with E-state index < -0.39 is 88.3 Å². The van der Waals surface area contributed by atoms with Gasteiger partial charge in [0.15, 0.2) is 5.78 Å². The first-order valence-electron chi connectivity index (χ1n) is 31.9. The fourth-order valence-electron chi connectivity index (χ4n) is 12.1. The summed E-state index contributed by atoms with van der Waals surface area (Å²) in [4.78, 5) is 117. The predicted molar refractivity (Wildman–Crippen MR) is 345 cm³/mol. The van der Waals surface area contributed by atoms with Crippen molar-refractivity contribution in [3.05, 3.63) is 71.8 Å². The average molecular weight is 1260 g/mol. The Labute approximate surface area is 532 Å². The van der Waals surface area contributed by atoms with Gasteiger partial charge in [0, 0.05) is 39.6 Å². The summed E-state index contributed by atoms with van der Waals surface area (Å²) in [6.45, 7) is 23.6. The Kier molecular flexibility index (Phi) is 26.1. The zero-order valence-electron chi connectivity index (χ0n) is 55.0. The van der Waals surface area contributed by atoms with Gasteiger partial charge in [0.05, 0.1) is 36.0 Å². The van der Waals surface area contributed by atoms with E-state index in [1.807, 2.05) is 74.5 Å². The van der Waals surface area contributed by atoms with Crippen LogP contribution in [0.15, 0.2) is 60.7 Å². The summed E-state index contributed by atoms with van der Waals surface area (Å²) in [5.74, 6) is -0.783. The van der Waals surface area contributed by atoms with Gasteiger partial charge in [-0.25, -0.2) is 9.59 Å². The van der Waals surface area contributed by atoms with E-state index >= 15 is 0 Å². The van der Waals surface area contributed by atoms with Crippen LogP contribution in [0.25, 0.3) is 0 Å². The van der Waals surface area contributed by atoms with Gasteiger partial charge in [-0.3, -0.25) is 38.6 Å². The number of hydrogen-bond donors (Lipinski definition) is 3. The smallest absolute Gasteiger partial charge is 0.410 e. The molecule has 0 bridgehead atoms. The molecule has 0 saturated carbocycles. The maximum absolute atomic E-state index is 14.7. The molecule has 2 aromatic rings. The second-order valence-corrected chi connectivity index (χ2v) is 30.4. The minimum Gasteiger partial charge on any atom is -0.444 e. The number of Topliss-reactive ketones (excluding diaryl/α,β-unsaturated/α-hetero) is 1. The molecule has 19 nitrogen and oxygen atoms in total. The molecular weight excluding hydrogens is 1160 g/mol. The van der Waals surface area contributed by atoms with E-state index in [4.69, 9.17) is 18.9 Å². The lowest BCUT2D eigenvalue weighted by Gasteiger charge is -2.35. The van der Waals surface area contributed by atoms with E-state index in [0.717, 1.165) is 62.5 Å². The molecule has 3 N–H and O–H groups in total. The Morgan fingerprint density at radius 2 is 0.989 bits per heavy atom. The second-order valence-electron chi connectivity index (χ2n) is 27.8. The summed E-state index contributed by atoms with van der Waals surface area (Å²) in [5.41, 5.74) is -0.624. The van der Waals surface area contributed by atoms with E-state index in [-0.39, 0.29) is 53.2 Å². The van der Waals surface area contributed by atoms with Crippen LogP contribution in [-0.2, 0) is 47.7 Å². The summed E-state index contributed by atoms with van der Waals surface area (Å²) in [5, 5.41) is 8.64. The largest absolute Gasteiger partial charge is 0.444 e. The third-order valence-corrected chi connectivity index (χ3v) is 19.7. The van der Waals surface area contributed by atoms with Gasteiger partial charge in [-0.1, -0.05) is 127 Å². The number of ether oxygens (including phenoxy) is 4. The van der Waals surface area contributed by atoms with Gasteiger partial charge >= 0.3 is 12.2 Å². The molecule has 4 heterocycles. The number of amides is 7. The second kappa shape index (κ2) is 32.1. The SMILES string of the molecule is C[C@@H](C(=O)N[C@H]1CCS[C@H]2CC(C)(C)[C@@H](C(=O)N[C@H](COCCCCCCCCCCOC[C@@H](CC(=O)[C@H]3N4C(=O)[C@@H](NC(=O)[C@H](C)N(C)C(=O)OC(C)(C)C)CCS[C@@H]4CC3(C)C)c3ccccc3)c3ccccc3)N2C1=O)N(C)C(=O)OC(C)(C)C. The molecule has 0 unspecified atom stereocenters. The Morgan fingerprint density at radius 1 is 0.591 bits per heavy atom. The Balaban J connectivity index is 0.917. The van der Waals surface area contributed by atoms with Crippen LogP contribution in [0, 0.1) is 10.8 Å². The van der Waals surface area contributed by atoms with Crippen molar-refractivity contribution in [2.45, 2.75) is 237 Å². The van der Waals surface area contributed by atoms with Crippen molar-refractivity contribution >= 4 is 71.0 Å². The number of carbonyl (C=O) groups is 8. The summed E-state index contributed by atoms with van der Waals surface area (Å²) < 4.78 is 23.5. The molecule has 0 aromatic heterocycles. The number of rotatable bonds is 28. The first kappa shape index (κ1) is 71.7. The molecule has 490 valence electrons. The quantitative estimate of drug-likeness (QED) is 0.0675. The number of thioether (sulfide) groups is 2. The van der Waals surface area contributed by atoms with Gasteiger partial charge in [-0.15, -0.1) is 23.5 Å². The summed E-state index contributed by atoms with van der Waals surface area (Å²) in [6.07, 6.45) is 9.19. The van der Waals surface area contributed by atoms with Crippen molar-refractivity contribution in [1.82, 2.24) is 35.6 Å². The van der Waals surface area contributed by atoms with Crippen molar-refractivity contribution in [3.63, 3.8) is 0 Å². The van der Waals surface area contributed by atoms with E-state index in [1.54, 1.807) is 88.7 Å². The molecule has 4 aliphatic heterocycles. The van der Waals surface area contributed by atoms with Crippen LogP contribution < -0.4 is 16.0 Å². The molecule has 4 saturated heterocycles. The predicted octanol–water partition coefficient (Wildman–Crippen LogP) is 10.4. The molecule has 10 atom stereocenters. The number of nitrogens with one attached hydrogen (secondary N) is 3. The van der Waals surface area contributed by atoms with Crippen LogP contribution in [0.4, 0.5) is 9.59 Å². The normalized spacial score (nSPS) is 23.0. The lowest BCUT2D eigenvalue weighted by Crippen LogP contribution is -2.58. The molecule has 6 rings (SSSR count). The van der Waals surface area contributed by atoms with Gasteiger partial charge in [-0.2, -0.15) is 0 Å². The monoisotopic (exact) mass is 1260 g/mol. The molecule has 0 spiro atoms. The van der Waals surface area contributed by atoms with Crippen molar-refractivity contribution in [2.24, 2.45) is 10.8 Å². The molecule has 4 fully saturated rings. The summed E-state index contributed by atoms with van der Waals surface area (Å²) in [7, 11) is 2.99. The minimum absolute atomic E-state index is 0.0233. The van der Waals surface area contributed by atoms with Crippen molar-refractivity contribution in [2.75, 3.05) is 52.0 Å². The number of fused-ring (bicyclic) bond motifs is 2. The highest BCUT2D eigenvalue weighted by molar-refractivity contribution is 8.00. The summed E-state index contributed by atoms with van der Waals surface area (Å²) >= 11 is 3.27. The van der Waals surface area contributed by atoms with Gasteiger partial charge in [0.1, 0.15) is 41.4 Å². The lowest BCUT2D eigenvalue weighted by atomic mass is 9.79.